The van der Waals surface area contributed by atoms with E-state index in [1.165, 1.54) is 16.5 Å². The van der Waals surface area contributed by atoms with Crippen LogP contribution in [0, 0.1) is 0 Å². The predicted molar refractivity (Wildman–Crippen MR) is 90.4 cm³/mol. The van der Waals surface area contributed by atoms with E-state index in [-0.39, 0.29) is 6.04 Å². The number of aromatic nitrogens is 2. The standard InChI is InChI=1S/C17H18BrN3/c1-19-15(11-12-7-9-13(18)10-8-12)17-14-5-3-4-6-16(14)21(2)20-17/h3-10,15,19H,11H2,1-2H3. The summed E-state index contributed by atoms with van der Waals surface area (Å²) in [6.45, 7) is 0. The fourth-order valence-corrected chi connectivity index (χ4v) is 2.96. The van der Waals surface area contributed by atoms with Crippen LogP contribution in [0.1, 0.15) is 17.3 Å². The minimum Gasteiger partial charge on any atom is -0.311 e. The third-order valence-corrected chi connectivity index (χ3v) is 4.35. The van der Waals surface area contributed by atoms with Crippen LogP contribution in [-0.4, -0.2) is 16.8 Å². The summed E-state index contributed by atoms with van der Waals surface area (Å²) in [4.78, 5) is 0. The third-order valence-electron chi connectivity index (χ3n) is 3.82. The molecule has 2 aromatic carbocycles. The Morgan fingerprint density at radius 1 is 1.14 bits per heavy atom. The molecule has 1 unspecified atom stereocenters. The lowest BCUT2D eigenvalue weighted by molar-refractivity contribution is 0.567. The Labute approximate surface area is 133 Å². The molecule has 0 spiro atoms. The van der Waals surface area contributed by atoms with Crippen molar-refractivity contribution >= 4 is 26.8 Å². The molecule has 0 fully saturated rings. The lowest BCUT2D eigenvalue weighted by atomic mass is 10.0. The molecule has 0 saturated heterocycles. The second kappa shape index (κ2) is 6.00. The highest BCUT2D eigenvalue weighted by Crippen LogP contribution is 2.26. The molecule has 0 aliphatic heterocycles. The van der Waals surface area contributed by atoms with Crippen molar-refractivity contribution in [3.63, 3.8) is 0 Å². The summed E-state index contributed by atoms with van der Waals surface area (Å²) in [6.07, 6.45) is 0.921. The second-order valence-electron chi connectivity index (χ2n) is 5.20. The van der Waals surface area contributed by atoms with Crippen LogP contribution in [0.2, 0.25) is 0 Å². The highest BCUT2D eigenvalue weighted by molar-refractivity contribution is 9.10. The Morgan fingerprint density at radius 2 is 1.86 bits per heavy atom. The fraction of sp³-hybridized carbons (Fsp3) is 0.235. The lowest BCUT2D eigenvalue weighted by Gasteiger charge is -2.14. The van der Waals surface area contributed by atoms with E-state index < -0.39 is 0 Å². The van der Waals surface area contributed by atoms with Crippen molar-refractivity contribution in [3.05, 3.63) is 64.3 Å². The molecule has 0 aliphatic rings. The SMILES string of the molecule is CNC(Cc1ccc(Br)cc1)c1nn(C)c2ccccc12. The monoisotopic (exact) mass is 343 g/mol. The van der Waals surface area contributed by atoms with Crippen molar-refractivity contribution in [3.8, 4) is 0 Å². The van der Waals surface area contributed by atoms with Crippen molar-refractivity contribution in [2.24, 2.45) is 7.05 Å². The topological polar surface area (TPSA) is 29.9 Å². The summed E-state index contributed by atoms with van der Waals surface area (Å²) < 4.78 is 3.06. The van der Waals surface area contributed by atoms with E-state index in [2.05, 4.69) is 69.8 Å². The summed E-state index contributed by atoms with van der Waals surface area (Å²) >= 11 is 3.48. The van der Waals surface area contributed by atoms with E-state index in [4.69, 9.17) is 5.10 Å². The van der Waals surface area contributed by atoms with Crippen LogP contribution >= 0.6 is 15.9 Å². The Bertz CT molecular complexity index is 746. The molecule has 21 heavy (non-hydrogen) atoms. The lowest BCUT2D eigenvalue weighted by Crippen LogP contribution is -2.19. The van der Waals surface area contributed by atoms with Gasteiger partial charge >= 0.3 is 0 Å². The first-order valence-electron chi connectivity index (χ1n) is 7.02. The molecule has 1 N–H and O–H groups in total. The molecule has 1 atom stereocenters. The van der Waals surface area contributed by atoms with Crippen molar-refractivity contribution in [1.29, 1.82) is 0 Å². The molecule has 0 bridgehead atoms. The Hall–Kier alpha value is -1.65. The summed E-state index contributed by atoms with van der Waals surface area (Å²) in [5.74, 6) is 0. The number of rotatable bonds is 4. The van der Waals surface area contributed by atoms with Gasteiger partial charge in [-0.05, 0) is 37.2 Å². The number of halogens is 1. The number of nitrogens with one attached hydrogen (secondary N) is 1. The van der Waals surface area contributed by atoms with Crippen LogP contribution in [0.25, 0.3) is 10.9 Å². The van der Waals surface area contributed by atoms with E-state index in [0.29, 0.717) is 0 Å². The molecule has 4 heteroatoms. The van der Waals surface area contributed by atoms with Crippen LogP contribution in [0.15, 0.2) is 53.0 Å². The van der Waals surface area contributed by atoms with Crippen molar-refractivity contribution in [1.82, 2.24) is 15.1 Å². The van der Waals surface area contributed by atoms with Crippen molar-refractivity contribution in [2.45, 2.75) is 12.5 Å². The van der Waals surface area contributed by atoms with Gasteiger partial charge in [0.15, 0.2) is 0 Å². The smallest absolute Gasteiger partial charge is 0.0875 e. The van der Waals surface area contributed by atoms with Gasteiger partial charge in [-0.2, -0.15) is 5.10 Å². The van der Waals surface area contributed by atoms with Gasteiger partial charge in [-0.3, -0.25) is 4.68 Å². The molecular weight excluding hydrogens is 326 g/mol. The summed E-state index contributed by atoms with van der Waals surface area (Å²) in [7, 11) is 3.99. The maximum Gasteiger partial charge on any atom is 0.0875 e. The molecule has 0 saturated carbocycles. The van der Waals surface area contributed by atoms with E-state index in [0.717, 1.165) is 16.6 Å². The number of likely N-dealkylation sites (N-methyl/N-ethyl adjacent to an activating group) is 1. The van der Waals surface area contributed by atoms with Crippen molar-refractivity contribution in [2.75, 3.05) is 7.05 Å². The first-order chi connectivity index (χ1) is 10.2. The number of aryl methyl sites for hydroxylation is 1. The average Bonchev–Trinajstić information content (AvgIpc) is 2.84. The molecule has 0 aliphatic carbocycles. The predicted octanol–water partition coefficient (Wildman–Crippen LogP) is 3.84. The number of para-hydroxylation sites is 1. The van der Waals surface area contributed by atoms with Gasteiger partial charge in [-0.25, -0.2) is 0 Å². The zero-order chi connectivity index (χ0) is 14.8. The quantitative estimate of drug-likeness (QED) is 0.779. The maximum atomic E-state index is 4.72. The van der Waals surface area contributed by atoms with Gasteiger partial charge in [-0.1, -0.05) is 46.3 Å². The van der Waals surface area contributed by atoms with Crippen molar-refractivity contribution < 1.29 is 0 Å². The normalized spacial score (nSPS) is 12.7. The molecular formula is C17H18BrN3. The highest BCUT2D eigenvalue weighted by Gasteiger charge is 2.17. The van der Waals surface area contributed by atoms with Gasteiger partial charge in [0.2, 0.25) is 0 Å². The summed E-state index contributed by atoms with van der Waals surface area (Å²) in [5, 5.41) is 9.34. The zero-order valence-electron chi connectivity index (χ0n) is 12.2. The molecule has 0 radical (unpaired) electrons. The first-order valence-corrected chi connectivity index (χ1v) is 7.81. The second-order valence-corrected chi connectivity index (χ2v) is 6.11. The number of hydrogen-bond acceptors (Lipinski definition) is 2. The van der Waals surface area contributed by atoms with Gasteiger partial charge in [0, 0.05) is 16.9 Å². The highest BCUT2D eigenvalue weighted by atomic mass is 79.9. The number of hydrogen-bond donors (Lipinski definition) is 1. The molecule has 3 rings (SSSR count). The molecule has 3 aromatic rings. The van der Waals surface area contributed by atoms with Crippen LogP contribution in [-0.2, 0) is 13.5 Å². The molecule has 1 aromatic heterocycles. The summed E-state index contributed by atoms with van der Waals surface area (Å²) in [6, 6.07) is 17.0. The molecule has 3 nitrogen and oxygen atoms in total. The van der Waals surface area contributed by atoms with Gasteiger partial charge in [0.05, 0.1) is 17.3 Å². The zero-order valence-corrected chi connectivity index (χ0v) is 13.8. The fourth-order valence-electron chi connectivity index (χ4n) is 2.69. The minimum atomic E-state index is 0.206. The largest absolute Gasteiger partial charge is 0.311 e. The summed E-state index contributed by atoms with van der Waals surface area (Å²) in [5.41, 5.74) is 3.58. The average molecular weight is 344 g/mol. The Morgan fingerprint density at radius 3 is 2.57 bits per heavy atom. The van der Waals surface area contributed by atoms with Crippen LogP contribution in [0.5, 0.6) is 0 Å². The minimum absolute atomic E-state index is 0.206. The van der Waals surface area contributed by atoms with E-state index >= 15 is 0 Å². The van der Waals surface area contributed by atoms with Crippen LogP contribution < -0.4 is 5.32 Å². The van der Waals surface area contributed by atoms with Crippen LogP contribution in [0.4, 0.5) is 0 Å². The van der Waals surface area contributed by atoms with E-state index in [1.807, 2.05) is 18.8 Å². The van der Waals surface area contributed by atoms with E-state index in [1.54, 1.807) is 0 Å². The maximum absolute atomic E-state index is 4.72. The van der Waals surface area contributed by atoms with Gasteiger partial charge in [-0.15, -0.1) is 0 Å². The molecule has 1 heterocycles. The van der Waals surface area contributed by atoms with Gasteiger partial charge < -0.3 is 5.32 Å². The number of benzene rings is 2. The number of fused-ring (bicyclic) bond motifs is 1. The molecule has 0 amide bonds. The number of nitrogens with zero attached hydrogens (tertiary/aromatic N) is 2. The Balaban J connectivity index is 1.96. The van der Waals surface area contributed by atoms with Gasteiger partial charge in [0.25, 0.3) is 0 Å². The van der Waals surface area contributed by atoms with Gasteiger partial charge in [0.1, 0.15) is 0 Å². The molecule has 108 valence electrons. The third kappa shape index (κ3) is 2.87. The Kier molecular flexibility index (Phi) is 4.08. The van der Waals surface area contributed by atoms with E-state index in [9.17, 15) is 0 Å². The van der Waals surface area contributed by atoms with Crippen LogP contribution in [0.3, 0.4) is 0 Å². The first kappa shape index (κ1) is 14.3.